The predicted octanol–water partition coefficient (Wildman–Crippen LogP) is 1.84. The fraction of sp³-hybridized carbons (Fsp3) is 0.500. The summed E-state index contributed by atoms with van der Waals surface area (Å²) in [7, 11) is 1.50. The fourth-order valence-corrected chi connectivity index (χ4v) is 1.17. The molecule has 3 nitrogen and oxygen atoms in total. The molecule has 1 aromatic heterocycles. The molecule has 0 spiro atoms. The Kier molecular flexibility index (Phi) is 3.06. The summed E-state index contributed by atoms with van der Waals surface area (Å²) in [5, 5.41) is 0. The highest BCUT2D eigenvalue weighted by Gasteiger charge is 2.29. The van der Waals surface area contributed by atoms with Crippen molar-refractivity contribution in [2.75, 3.05) is 7.11 Å². The number of halogens is 1. The number of nitrogens with two attached hydrogens (primary N) is 1. The number of hydrogen-bond donors (Lipinski definition) is 1. The largest absolute Gasteiger partial charge is 0.496 e. The van der Waals surface area contributed by atoms with Crippen molar-refractivity contribution in [2.45, 2.75) is 25.6 Å². The van der Waals surface area contributed by atoms with E-state index < -0.39 is 11.7 Å². The molecule has 0 bridgehead atoms. The van der Waals surface area contributed by atoms with Gasteiger partial charge in [0, 0.05) is 23.5 Å². The molecule has 1 heterocycles. The summed E-state index contributed by atoms with van der Waals surface area (Å²) in [6.07, 6.45) is 1.71. The molecule has 0 amide bonds. The zero-order chi connectivity index (χ0) is 10.8. The van der Waals surface area contributed by atoms with Gasteiger partial charge in [-0.05, 0) is 19.9 Å². The summed E-state index contributed by atoms with van der Waals surface area (Å²) in [6.45, 7) is 3.26. The Bertz CT molecular complexity index is 309. The third-order valence-electron chi connectivity index (χ3n) is 1.96. The smallest absolute Gasteiger partial charge is 0.147 e. The van der Waals surface area contributed by atoms with Gasteiger partial charge in [0.25, 0.3) is 0 Å². The topological polar surface area (TPSA) is 48.1 Å². The molecule has 0 saturated heterocycles. The van der Waals surface area contributed by atoms with Crippen molar-refractivity contribution in [2.24, 2.45) is 5.73 Å². The van der Waals surface area contributed by atoms with Gasteiger partial charge in [-0.1, -0.05) is 0 Å². The summed E-state index contributed by atoms with van der Waals surface area (Å²) in [4.78, 5) is 3.85. The first kappa shape index (κ1) is 10.9. The summed E-state index contributed by atoms with van der Waals surface area (Å²) in [5.41, 5.74) is 5.13. The second kappa shape index (κ2) is 3.92. The van der Waals surface area contributed by atoms with Gasteiger partial charge in [-0.25, -0.2) is 4.39 Å². The Morgan fingerprint density at radius 3 is 2.71 bits per heavy atom. The Labute approximate surface area is 83.1 Å². The van der Waals surface area contributed by atoms with E-state index in [0.717, 1.165) is 0 Å². The van der Waals surface area contributed by atoms with E-state index in [1.807, 2.05) is 0 Å². The zero-order valence-corrected chi connectivity index (χ0v) is 8.62. The number of nitrogens with zero attached hydrogens (tertiary/aromatic N) is 1. The first-order valence-electron chi connectivity index (χ1n) is 4.37. The van der Waals surface area contributed by atoms with Crippen LogP contribution in [0.3, 0.4) is 0 Å². The van der Waals surface area contributed by atoms with Gasteiger partial charge >= 0.3 is 0 Å². The minimum atomic E-state index is -1.29. The highest BCUT2D eigenvalue weighted by Crippen LogP contribution is 2.32. The molecule has 0 saturated carbocycles. The maximum Gasteiger partial charge on any atom is 0.147 e. The molecule has 0 aliphatic heterocycles. The Morgan fingerprint density at radius 1 is 1.57 bits per heavy atom. The molecule has 78 valence electrons. The van der Waals surface area contributed by atoms with Gasteiger partial charge in [-0.15, -0.1) is 0 Å². The Hall–Kier alpha value is -1.16. The van der Waals surface area contributed by atoms with Crippen LogP contribution in [0.4, 0.5) is 4.39 Å². The van der Waals surface area contributed by atoms with Crippen LogP contribution in [0.25, 0.3) is 0 Å². The molecule has 1 unspecified atom stereocenters. The van der Waals surface area contributed by atoms with Crippen molar-refractivity contribution < 1.29 is 9.13 Å². The fourth-order valence-electron chi connectivity index (χ4n) is 1.17. The van der Waals surface area contributed by atoms with E-state index in [2.05, 4.69) is 4.98 Å². The molecule has 0 fully saturated rings. The average Bonchev–Trinajstić information content (AvgIpc) is 2.15. The second-order valence-corrected chi connectivity index (χ2v) is 3.80. The van der Waals surface area contributed by atoms with Crippen molar-refractivity contribution in [1.29, 1.82) is 0 Å². The number of pyridine rings is 1. The third-order valence-corrected chi connectivity index (χ3v) is 1.96. The summed E-state index contributed by atoms with van der Waals surface area (Å²) < 4.78 is 18.9. The van der Waals surface area contributed by atoms with Crippen LogP contribution in [-0.2, 0) is 0 Å². The van der Waals surface area contributed by atoms with Gasteiger partial charge in [0.2, 0.25) is 0 Å². The zero-order valence-electron chi connectivity index (χ0n) is 8.62. The van der Waals surface area contributed by atoms with E-state index in [0.29, 0.717) is 11.3 Å². The molecule has 4 heteroatoms. The SMILES string of the molecule is COc1ccncc1C(F)C(C)(C)N. The highest BCUT2D eigenvalue weighted by molar-refractivity contribution is 5.33. The number of methoxy groups -OCH3 is 1. The van der Waals surface area contributed by atoms with E-state index in [1.165, 1.54) is 13.3 Å². The lowest BCUT2D eigenvalue weighted by molar-refractivity contribution is 0.216. The molecular formula is C10H15FN2O. The lowest BCUT2D eigenvalue weighted by Crippen LogP contribution is -2.37. The van der Waals surface area contributed by atoms with Gasteiger partial charge in [-0.2, -0.15) is 0 Å². The summed E-state index contributed by atoms with van der Waals surface area (Å²) in [6, 6.07) is 1.62. The minimum absolute atomic E-state index is 0.391. The molecule has 1 aromatic rings. The first-order valence-corrected chi connectivity index (χ1v) is 4.37. The third kappa shape index (κ3) is 2.20. The van der Waals surface area contributed by atoms with Crippen molar-refractivity contribution in [3.8, 4) is 5.75 Å². The molecule has 0 aliphatic carbocycles. The molecular weight excluding hydrogens is 183 g/mol. The van der Waals surface area contributed by atoms with Gasteiger partial charge in [-0.3, -0.25) is 4.98 Å². The van der Waals surface area contributed by atoms with E-state index in [9.17, 15) is 4.39 Å². The maximum atomic E-state index is 13.8. The van der Waals surface area contributed by atoms with Crippen molar-refractivity contribution in [3.05, 3.63) is 24.0 Å². The molecule has 1 atom stereocenters. The van der Waals surface area contributed by atoms with Gasteiger partial charge in [0.05, 0.1) is 7.11 Å². The number of aromatic nitrogens is 1. The van der Waals surface area contributed by atoms with Crippen molar-refractivity contribution in [3.63, 3.8) is 0 Å². The van der Waals surface area contributed by atoms with Crippen LogP contribution >= 0.6 is 0 Å². The van der Waals surface area contributed by atoms with Crippen LogP contribution in [0.1, 0.15) is 25.6 Å². The minimum Gasteiger partial charge on any atom is -0.496 e. The standard InChI is InChI=1S/C10H15FN2O/c1-10(2,12)9(11)7-6-13-5-4-8(7)14-3/h4-6,9H,12H2,1-3H3. The summed E-state index contributed by atoms with van der Waals surface area (Å²) >= 11 is 0. The Morgan fingerprint density at radius 2 is 2.21 bits per heavy atom. The lowest BCUT2D eigenvalue weighted by Gasteiger charge is -2.24. The molecule has 2 N–H and O–H groups in total. The van der Waals surface area contributed by atoms with E-state index >= 15 is 0 Å². The van der Waals surface area contributed by atoms with Crippen molar-refractivity contribution >= 4 is 0 Å². The number of rotatable bonds is 3. The number of hydrogen-bond acceptors (Lipinski definition) is 3. The summed E-state index contributed by atoms with van der Waals surface area (Å²) in [5.74, 6) is 0.478. The maximum absolute atomic E-state index is 13.8. The number of alkyl halides is 1. The van der Waals surface area contributed by atoms with Crippen LogP contribution in [-0.4, -0.2) is 17.6 Å². The quantitative estimate of drug-likeness (QED) is 0.806. The van der Waals surface area contributed by atoms with Crippen LogP contribution in [0, 0.1) is 0 Å². The monoisotopic (exact) mass is 198 g/mol. The lowest BCUT2D eigenvalue weighted by atomic mass is 9.94. The van der Waals surface area contributed by atoms with Crippen LogP contribution in [0.15, 0.2) is 18.5 Å². The van der Waals surface area contributed by atoms with Gasteiger partial charge in [0.15, 0.2) is 0 Å². The van der Waals surface area contributed by atoms with Gasteiger partial charge in [0.1, 0.15) is 11.9 Å². The molecule has 1 rings (SSSR count). The normalized spacial score (nSPS) is 13.8. The van der Waals surface area contributed by atoms with E-state index in [4.69, 9.17) is 10.5 Å². The van der Waals surface area contributed by atoms with E-state index in [1.54, 1.807) is 26.1 Å². The Balaban J connectivity index is 3.06. The second-order valence-electron chi connectivity index (χ2n) is 3.80. The van der Waals surface area contributed by atoms with Crippen LogP contribution in [0.5, 0.6) is 5.75 Å². The average molecular weight is 198 g/mol. The molecule has 0 aliphatic rings. The first-order chi connectivity index (χ1) is 6.46. The van der Waals surface area contributed by atoms with Crippen molar-refractivity contribution in [1.82, 2.24) is 4.98 Å². The molecule has 0 radical (unpaired) electrons. The van der Waals surface area contributed by atoms with E-state index in [-0.39, 0.29) is 0 Å². The molecule has 0 aromatic carbocycles. The highest BCUT2D eigenvalue weighted by atomic mass is 19.1. The molecule has 14 heavy (non-hydrogen) atoms. The predicted molar refractivity (Wildman–Crippen MR) is 52.9 cm³/mol. The van der Waals surface area contributed by atoms with Gasteiger partial charge < -0.3 is 10.5 Å². The van der Waals surface area contributed by atoms with Crippen LogP contribution in [0.2, 0.25) is 0 Å². The number of ether oxygens (including phenoxy) is 1. The van der Waals surface area contributed by atoms with Crippen LogP contribution < -0.4 is 10.5 Å².